The van der Waals surface area contributed by atoms with Gasteiger partial charge in [-0.2, -0.15) is 0 Å². The number of para-hydroxylation sites is 1. The second kappa shape index (κ2) is 8.89. The molecule has 0 radical (unpaired) electrons. The van der Waals surface area contributed by atoms with E-state index in [-0.39, 0.29) is 18.9 Å². The van der Waals surface area contributed by atoms with Gasteiger partial charge in [0.25, 0.3) is 0 Å². The van der Waals surface area contributed by atoms with Gasteiger partial charge < -0.3 is 4.74 Å². The molecule has 0 saturated carbocycles. The first-order chi connectivity index (χ1) is 14.2. The van der Waals surface area contributed by atoms with E-state index < -0.39 is 16.0 Å². The van der Waals surface area contributed by atoms with Crippen LogP contribution in [0.5, 0.6) is 0 Å². The van der Waals surface area contributed by atoms with E-state index in [9.17, 15) is 18.0 Å². The van der Waals surface area contributed by atoms with Gasteiger partial charge in [0.05, 0.1) is 30.1 Å². The van der Waals surface area contributed by atoms with Crippen LogP contribution < -0.4 is 4.31 Å². The largest absolute Gasteiger partial charge is 0.465 e. The molecule has 1 heterocycles. The molecule has 3 aromatic rings. The summed E-state index contributed by atoms with van der Waals surface area (Å²) >= 11 is 5.98. The molecule has 7 nitrogen and oxygen atoms in total. The van der Waals surface area contributed by atoms with E-state index in [0.29, 0.717) is 33.6 Å². The maximum Gasteiger partial charge on any atom is 0.340 e. The van der Waals surface area contributed by atoms with Gasteiger partial charge in [-0.05, 0) is 30.7 Å². The molecular weight excluding hydrogens is 428 g/mol. The molecule has 0 saturated heterocycles. The molecule has 158 valence electrons. The molecule has 9 heteroatoms. The van der Waals surface area contributed by atoms with Crippen LogP contribution >= 0.6 is 11.6 Å². The maximum atomic E-state index is 12.8. The Labute approximate surface area is 179 Å². The van der Waals surface area contributed by atoms with E-state index in [1.807, 2.05) is 0 Å². The highest BCUT2D eigenvalue weighted by Crippen LogP contribution is 2.24. The Balaban J connectivity index is 1.79. The molecule has 0 aliphatic rings. The lowest BCUT2D eigenvalue weighted by molar-refractivity contribution is 0.0603. The van der Waals surface area contributed by atoms with Crippen LogP contribution in [0.25, 0.3) is 10.9 Å². The molecule has 0 aliphatic carbocycles. The summed E-state index contributed by atoms with van der Waals surface area (Å²) < 4.78 is 31.9. The predicted molar refractivity (Wildman–Crippen MR) is 117 cm³/mol. The van der Waals surface area contributed by atoms with E-state index in [1.165, 1.54) is 22.2 Å². The van der Waals surface area contributed by atoms with Crippen LogP contribution in [0.4, 0.5) is 5.69 Å². The highest BCUT2D eigenvalue weighted by Gasteiger charge is 2.20. The van der Waals surface area contributed by atoms with Crippen LogP contribution in [-0.2, 0) is 14.8 Å². The maximum absolute atomic E-state index is 12.8. The summed E-state index contributed by atoms with van der Waals surface area (Å²) in [5.41, 5.74) is 1.34. The zero-order valence-corrected chi connectivity index (χ0v) is 18.1. The fraction of sp³-hybridized carbons (Fsp3) is 0.238. The smallest absolute Gasteiger partial charge is 0.340 e. The first-order valence-electron chi connectivity index (χ1n) is 9.17. The summed E-state index contributed by atoms with van der Waals surface area (Å²) in [5, 5.41) is 1.04. The molecule has 1 aromatic heterocycles. The van der Waals surface area contributed by atoms with Crippen LogP contribution in [0.1, 0.15) is 28.0 Å². The number of benzene rings is 2. The van der Waals surface area contributed by atoms with Gasteiger partial charge in [-0.15, -0.1) is 0 Å². The van der Waals surface area contributed by atoms with Crippen molar-refractivity contribution >= 4 is 50.1 Å². The Hall–Kier alpha value is -2.84. The highest BCUT2D eigenvalue weighted by atomic mass is 35.5. The van der Waals surface area contributed by atoms with E-state index in [1.54, 1.807) is 48.5 Å². The van der Waals surface area contributed by atoms with Crippen molar-refractivity contribution in [1.82, 2.24) is 4.57 Å². The van der Waals surface area contributed by atoms with Gasteiger partial charge in [-0.3, -0.25) is 13.7 Å². The van der Waals surface area contributed by atoms with Crippen LogP contribution in [0.2, 0.25) is 5.02 Å². The molecule has 0 N–H and O–H groups in total. The number of esters is 1. The van der Waals surface area contributed by atoms with Gasteiger partial charge in [0.1, 0.15) is 0 Å². The lowest BCUT2D eigenvalue weighted by Crippen LogP contribution is -2.31. The molecule has 0 bridgehead atoms. The molecule has 3 rings (SSSR count). The number of anilines is 1. The first kappa shape index (κ1) is 21.9. The molecule has 0 unspecified atom stereocenters. The topological polar surface area (TPSA) is 85.7 Å². The zero-order chi connectivity index (χ0) is 21.9. The SMILES string of the molecule is COC(=O)c1cn(C(=O)CCCN(c2cccc(Cl)c2)S(C)(=O)=O)c2ccccc12. The average molecular weight is 449 g/mol. The van der Waals surface area contributed by atoms with E-state index in [4.69, 9.17) is 16.3 Å². The molecule has 0 aliphatic heterocycles. The quantitative estimate of drug-likeness (QED) is 0.510. The number of methoxy groups -OCH3 is 1. The van der Waals surface area contributed by atoms with E-state index in [0.717, 1.165) is 6.26 Å². The third-order valence-electron chi connectivity index (χ3n) is 4.63. The third-order valence-corrected chi connectivity index (χ3v) is 6.06. The van der Waals surface area contributed by atoms with Gasteiger partial charge in [0.15, 0.2) is 0 Å². The number of sulfonamides is 1. The summed E-state index contributed by atoms with van der Waals surface area (Å²) in [6.07, 6.45) is 2.95. The Morgan fingerprint density at radius 1 is 1.13 bits per heavy atom. The summed E-state index contributed by atoms with van der Waals surface area (Å²) in [4.78, 5) is 24.9. The van der Waals surface area contributed by atoms with Gasteiger partial charge in [-0.1, -0.05) is 35.9 Å². The van der Waals surface area contributed by atoms with Crippen LogP contribution in [0.3, 0.4) is 0 Å². The standard InChI is InChI=1S/C21H21ClN2O5S/c1-29-21(26)18-14-23(19-10-4-3-9-17(18)19)20(25)11-6-12-24(30(2,27)28)16-8-5-7-15(22)13-16/h3-5,7-10,13-14H,6,11-12H2,1-2H3. The van der Waals surface area contributed by atoms with E-state index in [2.05, 4.69) is 0 Å². The van der Waals surface area contributed by atoms with E-state index >= 15 is 0 Å². The Bertz CT molecular complexity index is 1200. The number of rotatable bonds is 7. The number of halogens is 1. The fourth-order valence-corrected chi connectivity index (χ4v) is 4.41. The molecule has 0 fully saturated rings. The van der Waals surface area contributed by atoms with Crippen molar-refractivity contribution in [1.29, 1.82) is 0 Å². The molecule has 0 spiro atoms. The predicted octanol–water partition coefficient (Wildman–Crippen LogP) is 3.97. The number of hydrogen-bond acceptors (Lipinski definition) is 5. The van der Waals surface area contributed by atoms with Crippen molar-refractivity contribution in [3.8, 4) is 0 Å². The minimum absolute atomic E-state index is 0.0892. The van der Waals surface area contributed by atoms with Gasteiger partial charge in [0, 0.05) is 29.6 Å². The lowest BCUT2D eigenvalue weighted by atomic mass is 10.2. The molecule has 0 atom stereocenters. The van der Waals surface area contributed by atoms with Crippen molar-refractivity contribution in [3.05, 3.63) is 65.3 Å². The van der Waals surface area contributed by atoms with Crippen LogP contribution in [0.15, 0.2) is 54.7 Å². The summed E-state index contributed by atoms with van der Waals surface area (Å²) in [6, 6.07) is 13.6. The number of hydrogen-bond donors (Lipinski definition) is 0. The molecule has 0 amide bonds. The zero-order valence-electron chi connectivity index (χ0n) is 16.5. The van der Waals surface area contributed by atoms with Crippen molar-refractivity contribution in [3.63, 3.8) is 0 Å². The first-order valence-corrected chi connectivity index (χ1v) is 11.4. The van der Waals surface area contributed by atoms with Crippen LogP contribution in [-0.4, -0.2) is 44.8 Å². The monoisotopic (exact) mass is 448 g/mol. The average Bonchev–Trinajstić information content (AvgIpc) is 3.09. The van der Waals surface area contributed by atoms with Gasteiger partial charge >= 0.3 is 5.97 Å². The Kier molecular flexibility index (Phi) is 6.48. The second-order valence-corrected chi connectivity index (χ2v) is 9.08. The minimum Gasteiger partial charge on any atom is -0.465 e. The van der Waals surface area contributed by atoms with Gasteiger partial charge in [-0.25, -0.2) is 13.2 Å². The number of fused-ring (bicyclic) bond motifs is 1. The summed E-state index contributed by atoms with van der Waals surface area (Å²) in [6.45, 7) is 0.119. The molecular formula is C21H21ClN2O5S. The number of carbonyl (C=O) groups excluding carboxylic acids is 2. The van der Waals surface area contributed by atoms with Crippen molar-refractivity contribution < 1.29 is 22.7 Å². The van der Waals surface area contributed by atoms with Crippen molar-refractivity contribution in [2.45, 2.75) is 12.8 Å². The highest BCUT2D eigenvalue weighted by molar-refractivity contribution is 7.92. The number of nitrogens with zero attached hydrogens (tertiary/aromatic N) is 2. The van der Waals surface area contributed by atoms with Gasteiger partial charge in [0.2, 0.25) is 15.9 Å². The third kappa shape index (κ3) is 4.66. The second-order valence-electron chi connectivity index (χ2n) is 6.73. The number of ether oxygens (including phenoxy) is 1. The summed E-state index contributed by atoms with van der Waals surface area (Å²) in [7, 11) is -2.26. The molecule has 2 aromatic carbocycles. The van der Waals surface area contributed by atoms with Crippen molar-refractivity contribution in [2.24, 2.45) is 0 Å². The summed E-state index contributed by atoms with van der Waals surface area (Å²) in [5.74, 6) is -0.775. The fourth-order valence-electron chi connectivity index (χ4n) is 3.27. The lowest BCUT2D eigenvalue weighted by Gasteiger charge is -2.22. The number of carbonyl (C=O) groups is 2. The molecule has 30 heavy (non-hydrogen) atoms. The number of aromatic nitrogens is 1. The Morgan fingerprint density at radius 3 is 2.53 bits per heavy atom. The Morgan fingerprint density at radius 2 is 1.87 bits per heavy atom. The van der Waals surface area contributed by atoms with Crippen LogP contribution in [0, 0.1) is 0 Å². The van der Waals surface area contributed by atoms with Crippen molar-refractivity contribution in [2.75, 3.05) is 24.2 Å². The normalized spacial score (nSPS) is 11.4. The minimum atomic E-state index is -3.55.